The number of rotatable bonds is 5. The van der Waals surface area contributed by atoms with Gasteiger partial charge in [0.2, 0.25) is 0 Å². The van der Waals surface area contributed by atoms with Gasteiger partial charge in [0.25, 0.3) is 0 Å². The first-order valence-corrected chi connectivity index (χ1v) is 7.20. The third-order valence-corrected chi connectivity index (χ3v) is 3.34. The number of carbonyl (C=O) groups excluding carboxylic acids is 1. The van der Waals surface area contributed by atoms with Gasteiger partial charge >= 0.3 is 5.97 Å². The van der Waals surface area contributed by atoms with Gasteiger partial charge in [0.1, 0.15) is 6.54 Å². The number of hydrogen-bond donors (Lipinski definition) is 2. The number of fused-ring (bicyclic) bond motifs is 1. The standard InChI is InChI=1S/C17H17N3O2/c1-2-22-16(21)11-20-15-7-3-6-14-17(15)12(10-19-14)9-13-5-4-8-18-13/h3-10,18,20H,2,11H2,1H3. The Bertz CT molecular complexity index is 730. The Morgan fingerprint density at radius 3 is 3.05 bits per heavy atom. The van der Waals surface area contributed by atoms with Gasteiger partial charge in [-0.25, -0.2) is 0 Å². The first kappa shape index (κ1) is 14.1. The molecule has 2 N–H and O–H groups in total. The molecule has 1 aliphatic rings. The van der Waals surface area contributed by atoms with E-state index in [1.54, 1.807) is 6.92 Å². The van der Waals surface area contributed by atoms with Crippen molar-refractivity contribution in [3.8, 4) is 0 Å². The Hall–Kier alpha value is -2.82. The molecule has 0 bridgehead atoms. The van der Waals surface area contributed by atoms with E-state index in [1.165, 1.54) is 0 Å². The second-order valence-corrected chi connectivity index (χ2v) is 4.84. The van der Waals surface area contributed by atoms with Crippen molar-refractivity contribution < 1.29 is 9.53 Å². The SMILES string of the molecule is CCOC(=O)CNc1cccc2c1C(=Cc1ccc[nH]1)C=N2. The Balaban J connectivity index is 1.86. The van der Waals surface area contributed by atoms with Crippen molar-refractivity contribution >= 4 is 35.2 Å². The molecule has 5 nitrogen and oxygen atoms in total. The number of aromatic amines is 1. The molecule has 5 heteroatoms. The lowest BCUT2D eigenvalue weighted by Gasteiger charge is -2.11. The third kappa shape index (κ3) is 2.93. The van der Waals surface area contributed by atoms with Crippen molar-refractivity contribution in [2.75, 3.05) is 18.5 Å². The number of allylic oxidation sites excluding steroid dienone is 1. The third-order valence-electron chi connectivity index (χ3n) is 3.34. The largest absolute Gasteiger partial charge is 0.465 e. The maximum Gasteiger partial charge on any atom is 0.325 e. The van der Waals surface area contributed by atoms with Crippen molar-refractivity contribution in [1.82, 2.24) is 4.98 Å². The van der Waals surface area contributed by atoms with Crippen LogP contribution in [-0.2, 0) is 9.53 Å². The van der Waals surface area contributed by atoms with Crippen LogP contribution in [0.15, 0.2) is 41.5 Å². The molecule has 0 atom stereocenters. The molecular weight excluding hydrogens is 278 g/mol. The van der Waals surface area contributed by atoms with E-state index in [9.17, 15) is 4.79 Å². The molecule has 0 aliphatic carbocycles. The maximum absolute atomic E-state index is 11.5. The minimum atomic E-state index is -0.270. The van der Waals surface area contributed by atoms with Crippen LogP contribution in [-0.4, -0.2) is 30.3 Å². The summed E-state index contributed by atoms with van der Waals surface area (Å²) < 4.78 is 4.94. The van der Waals surface area contributed by atoms with Crippen LogP contribution in [0.2, 0.25) is 0 Å². The summed E-state index contributed by atoms with van der Waals surface area (Å²) in [5.41, 5.74) is 4.79. The summed E-state index contributed by atoms with van der Waals surface area (Å²) in [5, 5.41) is 3.13. The van der Waals surface area contributed by atoms with Gasteiger partial charge in [-0.1, -0.05) is 6.07 Å². The predicted molar refractivity (Wildman–Crippen MR) is 88.4 cm³/mol. The average Bonchev–Trinajstić information content (AvgIpc) is 3.16. The molecule has 3 rings (SSSR count). The zero-order chi connectivity index (χ0) is 15.4. The van der Waals surface area contributed by atoms with Crippen LogP contribution < -0.4 is 5.32 Å². The average molecular weight is 295 g/mol. The molecule has 0 fully saturated rings. The second kappa shape index (κ2) is 6.30. The lowest BCUT2D eigenvalue weighted by molar-refractivity contribution is -0.140. The van der Waals surface area contributed by atoms with E-state index in [0.717, 1.165) is 28.2 Å². The molecule has 2 aromatic rings. The van der Waals surface area contributed by atoms with E-state index in [-0.39, 0.29) is 12.5 Å². The smallest absolute Gasteiger partial charge is 0.325 e. The molecule has 0 spiro atoms. The monoisotopic (exact) mass is 295 g/mol. The van der Waals surface area contributed by atoms with Gasteiger partial charge in [-0.3, -0.25) is 9.79 Å². The molecule has 0 saturated heterocycles. The number of aromatic nitrogens is 1. The summed E-state index contributed by atoms with van der Waals surface area (Å²) in [6.07, 6.45) is 5.75. The summed E-state index contributed by atoms with van der Waals surface area (Å²) in [6.45, 7) is 2.32. The Morgan fingerprint density at radius 1 is 1.36 bits per heavy atom. The van der Waals surface area contributed by atoms with E-state index < -0.39 is 0 Å². The quantitative estimate of drug-likeness (QED) is 0.832. The number of esters is 1. The number of H-pyrrole nitrogens is 1. The number of nitrogens with one attached hydrogen (secondary N) is 2. The number of anilines is 1. The van der Waals surface area contributed by atoms with E-state index >= 15 is 0 Å². The van der Waals surface area contributed by atoms with E-state index in [0.29, 0.717) is 6.61 Å². The fraction of sp³-hybridized carbons (Fsp3) is 0.176. The van der Waals surface area contributed by atoms with E-state index in [2.05, 4.69) is 15.3 Å². The van der Waals surface area contributed by atoms with Crippen molar-refractivity contribution in [3.63, 3.8) is 0 Å². The lowest BCUT2D eigenvalue weighted by Crippen LogP contribution is -2.17. The Kier molecular flexibility index (Phi) is 4.05. The van der Waals surface area contributed by atoms with Crippen LogP contribution in [0.25, 0.3) is 11.6 Å². The van der Waals surface area contributed by atoms with Gasteiger partial charge < -0.3 is 15.0 Å². The van der Waals surface area contributed by atoms with E-state index in [4.69, 9.17) is 4.74 Å². The molecular formula is C17H17N3O2. The first-order chi connectivity index (χ1) is 10.8. The molecule has 0 amide bonds. The highest BCUT2D eigenvalue weighted by Crippen LogP contribution is 2.37. The van der Waals surface area contributed by atoms with Gasteiger partial charge in [-0.15, -0.1) is 0 Å². The molecule has 0 saturated carbocycles. The Morgan fingerprint density at radius 2 is 2.27 bits per heavy atom. The van der Waals surface area contributed by atoms with Crippen molar-refractivity contribution in [2.45, 2.75) is 6.92 Å². The summed E-state index contributed by atoms with van der Waals surface area (Å²) >= 11 is 0. The van der Waals surface area contributed by atoms with Gasteiger partial charge in [-0.2, -0.15) is 0 Å². The van der Waals surface area contributed by atoms with Crippen LogP contribution in [0.4, 0.5) is 11.4 Å². The first-order valence-electron chi connectivity index (χ1n) is 7.20. The summed E-state index contributed by atoms with van der Waals surface area (Å²) in [7, 11) is 0. The number of aliphatic imine (C=N–C) groups is 1. The highest BCUT2D eigenvalue weighted by Gasteiger charge is 2.17. The number of nitrogens with zero attached hydrogens (tertiary/aromatic N) is 1. The lowest BCUT2D eigenvalue weighted by atomic mass is 10.0. The summed E-state index contributed by atoms with van der Waals surface area (Å²) in [5.74, 6) is -0.270. The predicted octanol–water partition coefficient (Wildman–Crippen LogP) is 3.25. The Labute approximate surface area is 128 Å². The van der Waals surface area contributed by atoms with Crippen molar-refractivity contribution in [2.24, 2.45) is 4.99 Å². The maximum atomic E-state index is 11.5. The number of carbonyl (C=O) groups is 1. The molecule has 2 heterocycles. The zero-order valence-corrected chi connectivity index (χ0v) is 12.3. The van der Waals surface area contributed by atoms with Crippen molar-refractivity contribution in [1.29, 1.82) is 0 Å². The molecule has 0 radical (unpaired) electrons. The van der Waals surface area contributed by atoms with Crippen LogP contribution >= 0.6 is 0 Å². The van der Waals surface area contributed by atoms with Gasteiger partial charge in [-0.05, 0) is 37.3 Å². The molecule has 1 aromatic carbocycles. The normalized spacial score (nSPS) is 14.1. The molecule has 0 unspecified atom stereocenters. The van der Waals surface area contributed by atoms with Crippen molar-refractivity contribution in [3.05, 3.63) is 47.8 Å². The summed E-state index contributed by atoms with van der Waals surface area (Å²) in [4.78, 5) is 19.1. The minimum absolute atomic E-state index is 0.139. The topological polar surface area (TPSA) is 66.5 Å². The molecule has 22 heavy (non-hydrogen) atoms. The van der Waals surface area contributed by atoms with Gasteiger partial charge in [0.05, 0.1) is 12.3 Å². The zero-order valence-electron chi connectivity index (χ0n) is 12.3. The number of hydrogen-bond acceptors (Lipinski definition) is 4. The highest BCUT2D eigenvalue weighted by atomic mass is 16.5. The van der Waals surface area contributed by atoms with Crippen LogP contribution in [0, 0.1) is 0 Å². The molecule has 112 valence electrons. The second-order valence-electron chi connectivity index (χ2n) is 4.84. The van der Waals surface area contributed by atoms with Crippen LogP contribution in [0.3, 0.4) is 0 Å². The summed E-state index contributed by atoms with van der Waals surface area (Å²) in [6, 6.07) is 9.76. The number of benzene rings is 1. The highest BCUT2D eigenvalue weighted by molar-refractivity contribution is 6.23. The number of ether oxygens (including phenoxy) is 1. The molecule has 1 aromatic heterocycles. The molecule has 1 aliphatic heterocycles. The van der Waals surface area contributed by atoms with Crippen LogP contribution in [0.5, 0.6) is 0 Å². The van der Waals surface area contributed by atoms with Crippen LogP contribution in [0.1, 0.15) is 18.2 Å². The fourth-order valence-corrected chi connectivity index (χ4v) is 2.39. The fourth-order valence-electron chi connectivity index (χ4n) is 2.39. The van der Waals surface area contributed by atoms with Gasteiger partial charge in [0.15, 0.2) is 0 Å². The van der Waals surface area contributed by atoms with Gasteiger partial charge in [0, 0.05) is 34.9 Å². The van der Waals surface area contributed by atoms with E-state index in [1.807, 2.05) is 48.8 Å². The minimum Gasteiger partial charge on any atom is -0.465 e.